The smallest absolute Gasteiger partial charge is 0.265 e. The van der Waals surface area contributed by atoms with Crippen molar-refractivity contribution >= 4 is 54.8 Å². The largest absolute Gasteiger partial charge is 0.279 e. The number of hydrogen-bond donors (Lipinski definition) is 1. The minimum Gasteiger partial charge on any atom is -0.279 e. The van der Waals surface area contributed by atoms with Crippen LogP contribution in [0.3, 0.4) is 0 Å². The number of pyridine rings is 2. The Balaban J connectivity index is 2.40. The van der Waals surface area contributed by atoms with E-state index in [0.717, 1.165) is 0 Å². The van der Waals surface area contributed by atoms with Gasteiger partial charge in [-0.05, 0) is 34.1 Å². The molecule has 0 aliphatic heterocycles. The van der Waals surface area contributed by atoms with Gasteiger partial charge in [0.25, 0.3) is 10.0 Å². The zero-order valence-electron chi connectivity index (χ0n) is 9.14. The van der Waals surface area contributed by atoms with Gasteiger partial charge in [0, 0.05) is 12.4 Å². The molecule has 0 saturated heterocycles. The van der Waals surface area contributed by atoms with Crippen LogP contribution < -0.4 is 4.72 Å². The Bertz CT molecular complexity index is 724. The first-order valence-electron chi connectivity index (χ1n) is 4.84. The van der Waals surface area contributed by atoms with E-state index in [9.17, 15) is 8.42 Å². The molecule has 0 radical (unpaired) electrons. The van der Waals surface area contributed by atoms with Crippen LogP contribution in [0.4, 0.5) is 5.69 Å². The highest BCUT2D eigenvalue weighted by molar-refractivity contribution is 9.10. The van der Waals surface area contributed by atoms with Crippen molar-refractivity contribution in [1.82, 2.24) is 9.97 Å². The zero-order chi connectivity index (χ0) is 14.0. The maximum atomic E-state index is 12.2. The van der Waals surface area contributed by atoms with Crippen LogP contribution in [0.25, 0.3) is 0 Å². The van der Waals surface area contributed by atoms with Crippen molar-refractivity contribution in [2.45, 2.75) is 4.90 Å². The van der Waals surface area contributed by atoms with Crippen LogP contribution in [-0.4, -0.2) is 18.4 Å². The molecule has 100 valence electrons. The van der Waals surface area contributed by atoms with Crippen LogP contribution in [0.5, 0.6) is 0 Å². The normalized spacial score (nSPS) is 11.3. The van der Waals surface area contributed by atoms with Gasteiger partial charge < -0.3 is 0 Å². The Morgan fingerprint density at radius 1 is 1.21 bits per heavy atom. The molecule has 0 aliphatic rings. The molecule has 2 heterocycles. The molecule has 2 rings (SSSR count). The lowest BCUT2D eigenvalue weighted by Gasteiger charge is -2.09. The number of hydrogen-bond acceptors (Lipinski definition) is 4. The van der Waals surface area contributed by atoms with Crippen molar-refractivity contribution in [2.75, 3.05) is 4.72 Å². The topological polar surface area (TPSA) is 72.0 Å². The van der Waals surface area contributed by atoms with Gasteiger partial charge in [-0.15, -0.1) is 0 Å². The molecule has 0 aromatic carbocycles. The number of aromatic nitrogens is 2. The summed E-state index contributed by atoms with van der Waals surface area (Å²) in [6, 6.07) is 4.26. The summed E-state index contributed by atoms with van der Waals surface area (Å²) in [4.78, 5) is 7.41. The predicted octanol–water partition coefficient (Wildman–Crippen LogP) is 3.35. The average Bonchev–Trinajstić information content (AvgIpc) is 2.31. The molecule has 2 aromatic rings. The third kappa shape index (κ3) is 3.56. The van der Waals surface area contributed by atoms with Crippen LogP contribution >= 0.6 is 39.1 Å². The highest BCUT2D eigenvalue weighted by atomic mass is 79.9. The fourth-order valence-electron chi connectivity index (χ4n) is 1.27. The molecule has 0 atom stereocenters. The summed E-state index contributed by atoms with van der Waals surface area (Å²) in [6.45, 7) is 0. The van der Waals surface area contributed by atoms with Crippen LogP contribution in [0.15, 0.2) is 40.1 Å². The Kier molecular flexibility index (Phi) is 4.29. The molecule has 0 amide bonds. The molecule has 9 heteroatoms. The van der Waals surface area contributed by atoms with Gasteiger partial charge >= 0.3 is 0 Å². The number of nitrogens with zero attached hydrogens (tertiary/aromatic N) is 2. The number of halogens is 3. The molecule has 2 aromatic heterocycles. The fourth-order valence-corrected chi connectivity index (χ4v) is 3.37. The summed E-state index contributed by atoms with van der Waals surface area (Å²) < 4.78 is 27.2. The van der Waals surface area contributed by atoms with Crippen molar-refractivity contribution in [2.24, 2.45) is 0 Å². The Morgan fingerprint density at radius 3 is 2.63 bits per heavy atom. The van der Waals surface area contributed by atoms with Gasteiger partial charge in [0.1, 0.15) is 14.7 Å². The molecule has 1 N–H and O–H groups in total. The van der Waals surface area contributed by atoms with Crippen LogP contribution in [0.2, 0.25) is 10.2 Å². The van der Waals surface area contributed by atoms with E-state index in [4.69, 9.17) is 23.2 Å². The Labute approximate surface area is 128 Å². The second-order valence-electron chi connectivity index (χ2n) is 3.42. The first-order chi connectivity index (χ1) is 8.88. The van der Waals surface area contributed by atoms with Gasteiger partial charge in [0.2, 0.25) is 0 Å². The van der Waals surface area contributed by atoms with E-state index in [0.29, 0.717) is 10.3 Å². The maximum Gasteiger partial charge on any atom is 0.265 e. The number of sulfonamides is 1. The van der Waals surface area contributed by atoms with Crippen molar-refractivity contribution < 1.29 is 8.42 Å². The van der Waals surface area contributed by atoms with Crippen molar-refractivity contribution in [1.29, 1.82) is 0 Å². The van der Waals surface area contributed by atoms with Crippen molar-refractivity contribution in [3.63, 3.8) is 0 Å². The van der Waals surface area contributed by atoms with E-state index in [2.05, 4.69) is 30.6 Å². The minimum absolute atomic E-state index is 0.148. The van der Waals surface area contributed by atoms with Gasteiger partial charge in [-0.25, -0.2) is 18.4 Å². The lowest BCUT2D eigenvalue weighted by molar-refractivity contribution is 0.601. The first-order valence-corrected chi connectivity index (χ1v) is 7.87. The number of nitrogens with one attached hydrogen (secondary N) is 1. The molecule has 0 fully saturated rings. The quantitative estimate of drug-likeness (QED) is 0.826. The van der Waals surface area contributed by atoms with E-state index in [1.807, 2.05) is 0 Å². The van der Waals surface area contributed by atoms with E-state index in [1.54, 1.807) is 0 Å². The Morgan fingerprint density at radius 2 is 1.95 bits per heavy atom. The molecular weight excluding hydrogens is 377 g/mol. The third-order valence-electron chi connectivity index (χ3n) is 2.04. The van der Waals surface area contributed by atoms with Crippen LogP contribution in [0.1, 0.15) is 0 Å². The highest BCUT2D eigenvalue weighted by Crippen LogP contribution is 2.25. The summed E-state index contributed by atoms with van der Waals surface area (Å²) in [5, 5.41) is 0.0331. The van der Waals surface area contributed by atoms with Crippen molar-refractivity contribution in [3.05, 3.63) is 45.4 Å². The van der Waals surface area contributed by atoms with E-state index < -0.39 is 10.0 Å². The Hall–Kier alpha value is -0.890. The summed E-state index contributed by atoms with van der Waals surface area (Å²) in [5.74, 6) is 0. The fraction of sp³-hybridized carbons (Fsp3) is 0. The van der Waals surface area contributed by atoms with Gasteiger partial charge in [-0.2, -0.15) is 0 Å². The molecule has 0 spiro atoms. The van der Waals surface area contributed by atoms with Gasteiger partial charge in [-0.1, -0.05) is 23.2 Å². The molecule has 0 saturated carbocycles. The lowest BCUT2D eigenvalue weighted by Crippen LogP contribution is -2.14. The standard InChI is InChI=1S/C10H6BrCl2N3O2S/c11-9-4-7(1-2-14-9)16-19(17,18)8-3-6(12)5-15-10(8)13/h1-5H,(H,14,16). The zero-order valence-corrected chi connectivity index (χ0v) is 13.1. The van der Waals surface area contributed by atoms with E-state index >= 15 is 0 Å². The van der Waals surface area contributed by atoms with E-state index in [-0.39, 0.29) is 15.1 Å². The summed E-state index contributed by atoms with van der Waals surface area (Å²) in [7, 11) is -3.86. The summed E-state index contributed by atoms with van der Waals surface area (Å²) in [5.41, 5.74) is 0.345. The molecule has 5 nitrogen and oxygen atoms in total. The minimum atomic E-state index is -3.86. The van der Waals surface area contributed by atoms with Gasteiger partial charge in [0.15, 0.2) is 0 Å². The lowest BCUT2D eigenvalue weighted by atomic mass is 10.4. The van der Waals surface area contributed by atoms with Gasteiger partial charge in [0.05, 0.1) is 10.7 Å². The number of rotatable bonds is 3. The SMILES string of the molecule is O=S(=O)(Nc1ccnc(Br)c1)c1cc(Cl)cnc1Cl. The molecule has 0 aliphatic carbocycles. The summed E-state index contributed by atoms with van der Waals surface area (Å²) in [6.07, 6.45) is 2.73. The van der Waals surface area contributed by atoms with Crippen molar-refractivity contribution in [3.8, 4) is 0 Å². The molecule has 0 bridgehead atoms. The summed E-state index contributed by atoms with van der Waals surface area (Å²) >= 11 is 14.6. The second kappa shape index (κ2) is 5.62. The maximum absolute atomic E-state index is 12.2. The predicted molar refractivity (Wildman–Crippen MR) is 77.0 cm³/mol. The second-order valence-corrected chi connectivity index (χ2v) is 6.67. The third-order valence-corrected chi connectivity index (χ3v) is 4.49. The molecule has 0 unspecified atom stereocenters. The number of anilines is 1. The van der Waals surface area contributed by atoms with Crippen LogP contribution in [-0.2, 0) is 10.0 Å². The highest BCUT2D eigenvalue weighted by Gasteiger charge is 2.19. The molecule has 19 heavy (non-hydrogen) atoms. The van der Waals surface area contributed by atoms with Gasteiger partial charge in [-0.3, -0.25) is 4.72 Å². The average molecular weight is 383 g/mol. The molecular formula is C10H6BrCl2N3O2S. The van der Waals surface area contributed by atoms with Crippen LogP contribution in [0, 0.1) is 0 Å². The monoisotopic (exact) mass is 381 g/mol. The van der Waals surface area contributed by atoms with E-state index in [1.165, 1.54) is 30.6 Å². The first kappa shape index (κ1) is 14.5.